The van der Waals surface area contributed by atoms with Gasteiger partial charge in [0.15, 0.2) is 5.78 Å². The number of ketones is 1. The number of aromatic hydroxyl groups is 1. The van der Waals surface area contributed by atoms with Crippen molar-refractivity contribution in [1.29, 1.82) is 0 Å². The van der Waals surface area contributed by atoms with Gasteiger partial charge in [0, 0.05) is 12.0 Å². The molecule has 0 radical (unpaired) electrons. The summed E-state index contributed by atoms with van der Waals surface area (Å²) in [5.41, 5.74) is 0.486. The minimum absolute atomic E-state index is 0.142. The van der Waals surface area contributed by atoms with E-state index < -0.39 is 5.82 Å². The molecule has 4 heteroatoms. The molecule has 0 fully saturated rings. The molecule has 2 rings (SSSR count). The van der Waals surface area contributed by atoms with Crippen molar-refractivity contribution >= 4 is 21.7 Å². The van der Waals surface area contributed by atoms with Gasteiger partial charge in [-0.25, -0.2) is 4.39 Å². The Bertz CT molecular complexity index is 429. The van der Waals surface area contributed by atoms with Gasteiger partial charge in [-0.05, 0) is 27.9 Å². The fraction of sp³-hybridized carbons (Fsp3) is 0.300. The van der Waals surface area contributed by atoms with Crippen molar-refractivity contribution in [2.45, 2.75) is 19.3 Å². The van der Waals surface area contributed by atoms with Crippen LogP contribution in [0.2, 0.25) is 0 Å². The van der Waals surface area contributed by atoms with Crippen LogP contribution in [0, 0.1) is 5.82 Å². The van der Waals surface area contributed by atoms with Crippen LogP contribution >= 0.6 is 15.9 Å². The molecule has 0 heterocycles. The third-order valence-electron chi connectivity index (χ3n) is 2.51. The van der Waals surface area contributed by atoms with Gasteiger partial charge in [0.2, 0.25) is 0 Å². The Morgan fingerprint density at radius 1 is 1.64 bits per heavy atom. The maximum Gasteiger partial charge on any atom is 0.167 e. The first-order valence-electron chi connectivity index (χ1n) is 4.26. The number of hydrogen-bond donors (Lipinski definition) is 1. The molecular weight excluding hydrogens is 251 g/mol. The molecule has 2 nitrogen and oxygen atoms in total. The number of phenols is 1. The lowest BCUT2D eigenvalue weighted by molar-refractivity contribution is 0.0988. The number of phenolic OH excluding ortho intramolecular Hbond substituents is 1. The smallest absolute Gasteiger partial charge is 0.167 e. The molecule has 74 valence electrons. The number of Topliss-reactive ketones (excluding diaryl/α,β-unsaturated/α-hetero) is 1. The number of benzene rings is 1. The molecule has 1 aliphatic carbocycles. The van der Waals surface area contributed by atoms with Crippen LogP contribution in [0.15, 0.2) is 10.5 Å². The molecule has 0 aliphatic heterocycles. The molecule has 1 atom stereocenters. The second-order valence-electron chi connectivity index (χ2n) is 3.51. The third kappa shape index (κ3) is 1.17. The van der Waals surface area contributed by atoms with Gasteiger partial charge in [-0.15, -0.1) is 0 Å². The molecule has 1 aromatic carbocycles. The van der Waals surface area contributed by atoms with Gasteiger partial charge in [0.1, 0.15) is 11.6 Å². The molecule has 14 heavy (non-hydrogen) atoms. The number of carbonyl (C=O) groups is 1. The highest BCUT2D eigenvalue weighted by atomic mass is 79.9. The van der Waals surface area contributed by atoms with Crippen LogP contribution < -0.4 is 0 Å². The van der Waals surface area contributed by atoms with E-state index in [1.54, 1.807) is 6.92 Å². The summed E-state index contributed by atoms with van der Waals surface area (Å²) in [4.78, 5) is 11.5. The van der Waals surface area contributed by atoms with Gasteiger partial charge < -0.3 is 5.11 Å². The standard InChI is InChI=1S/C10H8BrFO2/c1-4-2-7(13)9-8(4)6(12)3-5(11)10(9)14/h3-4,14H,2H2,1H3. The van der Waals surface area contributed by atoms with E-state index in [2.05, 4.69) is 15.9 Å². The van der Waals surface area contributed by atoms with Crippen LogP contribution in [0.4, 0.5) is 4.39 Å². The summed E-state index contributed by atoms with van der Waals surface area (Å²) in [6, 6.07) is 1.20. The first-order chi connectivity index (χ1) is 6.52. The van der Waals surface area contributed by atoms with Crippen molar-refractivity contribution < 1.29 is 14.3 Å². The van der Waals surface area contributed by atoms with E-state index in [-0.39, 0.29) is 33.9 Å². The molecule has 0 amide bonds. The Hall–Kier alpha value is -0.900. The first kappa shape index (κ1) is 9.65. The monoisotopic (exact) mass is 258 g/mol. The molecule has 0 aromatic heterocycles. The fourth-order valence-electron chi connectivity index (χ4n) is 1.87. The summed E-state index contributed by atoms with van der Waals surface area (Å²) in [6.45, 7) is 1.78. The summed E-state index contributed by atoms with van der Waals surface area (Å²) in [6.07, 6.45) is 0.274. The van der Waals surface area contributed by atoms with Crippen LogP contribution in [-0.4, -0.2) is 10.9 Å². The summed E-state index contributed by atoms with van der Waals surface area (Å²) in [7, 11) is 0. The molecule has 1 N–H and O–H groups in total. The van der Waals surface area contributed by atoms with Crippen LogP contribution in [0.5, 0.6) is 5.75 Å². The maximum atomic E-state index is 13.5. The van der Waals surface area contributed by atoms with Gasteiger partial charge in [-0.1, -0.05) is 6.92 Å². The Morgan fingerprint density at radius 3 is 2.93 bits per heavy atom. The second kappa shape index (κ2) is 3.05. The minimum atomic E-state index is -0.428. The Morgan fingerprint density at radius 2 is 2.29 bits per heavy atom. The molecule has 0 bridgehead atoms. The normalized spacial score (nSPS) is 19.9. The van der Waals surface area contributed by atoms with Crippen molar-refractivity contribution in [2.75, 3.05) is 0 Å². The molecule has 0 saturated heterocycles. The Balaban J connectivity index is 2.79. The highest BCUT2D eigenvalue weighted by molar-refractivity contribution is 9.10. The van der Waals surface area contributed by atoms with E-state index >= 15 is 0 Å². The molecule has 1 unspecified atom stereocenters. The van der Waals surface area contributed by atoms with Crippen LogP contribution in [0.1, 0.15) is 35.2 Å². The average molecular weight is 259 g/mol. The van der Waals surface area contributed by atoms with Gasteiger partial charge in [-0.3, -0.25) is 4.79 Å². The minimum Gasteiger partial charge on any atom is -0.506 e. The van der Waals surface area contributed by atoms with Gasteiger partial charge in [-0.2, -0.15) is 0 Å². The Labute approximate surface area is 88.9 Å². The topological polar surface area (TPSA) is 37.3 Å². The first-order valence-corrected chi connectivity index (χ1v) is 5.05. The van der Waals surface area contributed by atoms with E-state index in [0.717, 1.165) is 0 Å². The number of carbonyl (C=O) groups excluding carboxylic acids is 1. The number of halogens is 2. The second-order valence-corrected chi connectivity index (χ2v) is 4.36. The van der Waals surface area contributed by atoms with Crippen molar-refractivity contribution in [3.63, 3.8) is 0 Å². The highest BCUT2D eigenvalue weighted by Gasteiger charge is 2.33. The summed E-state index contributed by atoms with van der Waals surface area (Å²) >= 11 is 3.00. The molecular formula is C10H8BrFO2. The molecule has 1 aliphatic rings. The SMILES string of the molecule is CC1CC(=O)c2c(O)c(Br)cc(F)c21. The van der Waals surface area contributed by atoms with Crippen LogP contribution in [-0.2, 0) is 0 Å². The Kier molecular flexibility index (Phi) is 2.10. The van der Waals surface area contributed by atoms with Gasteiger partial charge >= 0.3 is 0 Å². The predicted molar refractivity (Wildman–Crippen MR) is 53.1 cm³/mol. The number of rotatable bonds is 0. The quantitative estimate of drug-likeness (QED) is 0.777. The highest BCUT2D eigenvalue weighted by Crippen LogP contribution is 2.42. The molecule has 0 spiro atoms. The lowest BCUT2D eigenvalue weighted by Crippen LogP contribution is -1.95. The summed E-state index contributed by atoms with van der Waals surface area (Å²) in [5, 5.41) is 9.60. The fourth-order valence-corrected chi connectivity index (χ4v) is 2.27. The zero-order valence-electron chi connectivity index (χ0n) is 7.47. The van der Waals surface area contributed by atoms with Gasteiger partial charge in [0.05, 0.1) is 10.0 Å². The average Bonchev–Trinajstić information content (AvgIpc) is 2.38. The van der Waals surface area contributed by atoms with E-state index in [1.165, 1.54) is 6.07 Å². The number of fused-ring (bicyclic) bond motifs is 1. The van der Waals surface area contributed by atoms with Crippen LogP contribution in [0.25, 0.3) is 0 Å². The molecule has 0 saturated carbocycles. The lowest BCUT2D eigenvalue weighted by atomic mass is 10.0. The van der Waals surface area contributed by atoms with E-state index in [0.29, 0.717) is 5.56 Å². The van der Waals surface area contributed by atoms with Crippen molar-refractivity contribution in [3.05, 3.63) is 27.5 Å². The van der Waals surface area contributed by atoms with E-state index in [9.17, 15) is 14.3 Å². The van der Waals surface area contributed by atoms with Crippen molar-refractivity contribution in [1.82, 2.24) is 0 Å². The predicted octanol–water partition coefficient (Wildman–Crippen LogP) is 2.98. The summed E-state index contributed by atoms with van der Waals surface area (Å²) in [5.74, 6) is -0.902. The van der Waals surface area contributed by atoms with Crippen LogP contribution in [0.3, 0.4) is 0 Å². The van der Waals surface area contributed by atoms with E-state index in [4.69, 9.17) is 0 Å². The summed E-state index contributed by atoms with van der Waals surface area (Å²) < 4.78 is 13.7. The maximum absolute atomic E-state index is 13.5. The molecule has 1 aromatic rings. The van der Waals surface area contributed by atoms with Crippen molar-refractivity contribution in [3.8, 4) is 5.75 Å². The zero-order chi connectivity index (χ0) is 10.5. The lowest BCUT2D eigenvalue weighted by Gasteiger charge is -2.07. The largest absolute Gasteiger partial charge is 0.506 e. The van der Waals surface area contributed by atoms with Gasteiger partial charge in [0.25, 0.3) is 0 Å². The number of hydrogen-bond acceptors (Lipinski definition) is 2. The van der Waals surface area contributed by atoms with Crippen molar-refractivity contribution in [2.24, 2.45) is 0 Å². The zero-order valence-corrected chi connectivity index (χ0v) is 9.06. The van der Waals surface area contributed by atoms with E-state index in [1.807, 2.05) is 0 Å². The third-order valence-corrected chi connectivity index (χ3v) is 3.11.